The molecule has 0 saturated carbocycles. The average Bonchev–Trinajstić information content (AvgIpc) is 3.37. The van der Waals surface area contributed by atoms with Crippen molar-refractivity contribution in [2.24, 2.45) is 0 Å². The van der Waals surface area contributed by atoms with Crippen LogP contribution in [0.3, 0.4) is 0 Å². The molecule has 5 rings (SSSR count). The number of carbonyl (C=O) groups is 1. The Bertz CT molecular complexity index is 1520. The van der Waals surface area contributed by atoms with Crippen LogP contribution in [-0.2, 0) is 19.7 Å². The number of nitrogens with zero attached hydrogens (tertiary/aromatic N) is 1. The van der Waals surface area contributed by atoms with Gasteiger partial charge < -0.3 is 19.0 Å². The van der Waals surface area contributed by atoms with Crippen LogP contribution in [0, 0.1) is 0 Å². The van der Waals surface area contributed by atoms with E-state index in [0.29, 0.717) is 18.8 Å². The quantitative estimate of drug-likeness (QED) is 0.345. The number of rotatable bonds is 8. The van der Waals surface area contributed by atoms with E-state index in [2.05, 4.69) is 11.4 Å². The summed E-state index contributed by atoms with van der Waals surface area (Å²) in [7, 11) is 0. The molecule has 0 bridgehead atoms. The Labute approximate surface area is 202 Å². The van der Waals surface area contributed by atoms with Crippen LogP contribution in [-0.4, -0.2) is 10.5 Å². The highest BCUT2D eigenvalue weighted by Gasteiger charge is 2.11. The monoisotopic (exact) mass is 464 g/mol. The third kappa shape index (κ3) is 5.50. The second-order valence-corrected chi connectivity index (χ2v) is 8.23. The lowest BCUT2D eigenvalue weighted by molar-refractivity contribution is 0.0919. The summed E-state index contributed by atoms with van der Waals surface area (Å²) in [6.45, 7) is 1.11. The van der Waals surface area contributed by atoms with Crippen molar-refractivity contribution in [3.63, 3.8) is 0 Å². The maximum Gasteiger partial charge on any atom is 0.287 e. The lowest BCUT2D eigenvalue weighted by Gasteiger charge is -2.08. The van der Waals surface area contributed by atoms with Crippen molar-refractivity contribution in [2.45, 2.75) is 19.7 Å². The molecule has 0 unspecified atom stereocenters. The van der Waals surface area contributed by atoms with Gasteiger partial charge in [0.15, 0.2) is 5.76 Å². The number of hydrogen-bond donors (Lipinski definition) is 1. The fourth-order valence-electron chi connectivity index (χ4n) is 3.81. The maximum atomic E-state index is 12.5. The topological polar surface area (TPSA) is 73.5 Å². The van der Waals surface area contributed by atoms with Gasteiger partial charge in [-0.05, 0) is 52.2 Å². The molecule has 6 heteroatoms. The Morgan fingerprint density at radius 3 is 2.43 bits per heavy atom. The number of aromatic nitrogens is 1. The normalized spacial score (nSPS) is 10.9. The minimum atomic E-state index is -0.290. The molecular weight excluding hydrogens is 440 g/mol. The summed E-state index contributed by atoms with van der Waals surface area (Å²) in [5.41, 5.74) is 1.92. The lowest BCUT2D eigenvalue weighted by atomic mass is 10.1. The number of pyridine rings is 1. The summed E-state index contributed by atoms with van der Waals surface area (Å²) < 4.78 is 13.2. The van der Waals surface area contributed by atoms with E-state index in [1.54, 1.807) is 35.0 Å². The predicted molar refractivity (Wildman–Crippen MR) is 134 cm³/mol. The van der Waals surface area contributed by atoms with Gasteiger partial charge in [0.1, 0.15) is 18.1 Å². The molecule has 174 valence electrons. The number of hydrogen-bond acceptors (Lipinski definition) is 4. The lowest BCUT2D eigenvalue weighted by Crippen LogP contribution is -2.22. The number of ether oxygens (including phenoxy) is 1. The molecular formula is C29H24N2O4. The number of amides is 1. The Hall–Kier alpha value is -4.58. The average molecular weight is 465 g/mol. The van der Waals surface area contributed by atoms with Crippen molar-refractivity contribution in [3.05, 3.63) is 136 Å². The number of carbonyl (C=O) groups excluding carboxylic acids is 1. The number of benzene rings is 3. The molecule has 2 aromatic heterocycles. The van der Waals surface area contributed by atoms with Crippen LogP contribution >= 0.6 is 0 Å². The first-order chi connectivity index (χ1) is 17.1. The minimum absolute atomic E-state index is 0.0377. The van der Waals surface area contributed by atoms with Gasteiger partial charge in [0, 0.05) is 18.8 Å². The zero-order valence-electron chi connectivity index (χ0n) is 19.0. The Kier molecular flexibility index (Phi) is 6.44. The first-order valence-electron chi connectivity index (χ1n) is 11.4. The summed E-state index contributed by atoms with van der Waals surface area (Å²) in [6, 6.07) is 30.3. The van der Waals surface area contributed by atoms with Gasteiger partial charge in [-0.15, -0.1) is 0 Å². The zero-order valence-corrected chi connectivity index (χ0v) is 19.0. The number of nitrogens with one attached hydrogen (secondary N) is 1. The van der Waals surface area contributed by atoms with E-state index in [4.69, 9.17) is 9.15 Å². The Balaban J connectivity index is 1.13. The molecule has 1 amide bonds. The van der Waals surface area contributed by atoms with Crippen LogP contribution in [0.4, 0.5) is 0 Å². The molecule has 35 heavy (non-hydrogen) atoms. The van der Waals surface area contributed by atoms with Gasteiger partial charge in [0.25, 0.3) is 11.5 Å². The van der Waals surface area contributed by atoms with Gasteiger partial charge in [0.05, 0.1) is 6.54 Å². The van der Waals surface area contributed by atoms with Crippen molar-refractivity contribution in [1.82, 2.24) is 9.88 Å². The Morgan fingerprint density at radius 2 is 1.60 bits per heavy atom. The van der Waals surface area contributed by atoms with Crippen LogP contribution < -0.4 is 15.6 Å². The zero-order chi connectivity index (χ0) is 24.0. The van der Waals surface area contributed by atoms with E-state index >= 15 is 0 Å². The second-order valence-electron chi connectivity index (χ2n) is 8.23. The molecule has 5 aromatic rings. The van der Waals surface area contributed by atoms with Gasteiger partial charge in [0.2, 0.25) is 0 Å². The van der Waals surface area contributed by atoms with E-state index < -0.39 is 0 Å². The molecule has 0 atom stereocenters. The Morgan fingerprint density at radius 1 is 0.829 bits per heavy atom. The van der Waals surface area contributed by atoms with Crippen LogP contribution in [0.5, 0.6) is 5.75 Å². The first-order valence-corrected chi connectivity index (χ1v) is 11.4. The largest absolute Gasteiger partial charge is 0.486 e. The van der Waals surface area contributed by atoms with Crippen molar-refractivity contribution >= 4 is 16.7 Å². The molecule has 0 saturated heterocycles. The van der Waals surface area contributed by atoms with E-state index in [9.17, 15) is 9.59 Å². The molecule has 0 spiro atoms. The maximum absolute atomic E-state index is 12.5. The van der Waals surface area contributed by atoms with E-state index in [1.807, 2.05) is 66.7 Å². The van der Waals surface area contributed by atoms with Gasteiger partial charge in [-0.2, -0.15) is 0 Å². The third-order valence-electron chi connectivity index (χ3n) is 5.72. The second kappa shape index (κ2) is 10.1. The van der Waals surface area contributed by atoms with Crippen LogP contribution in [0.1, 0.15) is 27.4 Å². The summed E-state index contributed by atoms with van der Waals surface area (Å²) in [5.74, 6) is 1.26. The van der Waals surface area contributed by atoms with Crippen LogP contribution in [0.15, 0.2) is 112 Å². The molecule has 6 nitrogen and oxygen atoms in total. The summed E-state index contributed by atoms with van der Waals surface area (Å²) in [5, 5.41) is 5.13. The molecule has 0 fully saturated rings. The fraction of sp³-hybridized carbons (Fsp3) is 0.103. The highest BCUT2D eigenvalue weighted by molar-refractivity contribution is 5.91. The van der Waals surface area contributed by atoms with Crippen LogP contribution in [0.2, 0.25) is 0 Å². The third-order valence-corrected chi connectivity index (χ3v) is 5.72. The van der Waals surface area contributed by atoms with Crippen molar-refractivity contribution in [3.8, 4) is 5.75 Å². The number of fused-ring (bicyclic) bond motifs is 1. The standard InChI is InChI=1S/C29H24N2O4/c32-28-7-3-4-16-31(28)19-22-10-8-21(9-11-22)18-30-29(33)27-15-14-26(35-27)20-34-25-13-12-23-5-1-2-6-24(23)17-25/h1-17H,18-20H2,(H,30,33). The predicted octanol–water partition coefficient (Wildman–Crippen LogP) is 5.15. The molecule has 0 aliphatic rings. The SMILES string of the molecule is O=C(NCc1ccc(Cn2ccccc2=O)cc1)c1ccc(COc2ccc3ccccc3c2)o1. The molecule has 1 N–H and O–H groups in total. The van der Waals surface area contributed by atoms with Gasteiger partial charge in [-0.3, -0.25) is 9.59 Å². The molecule has 0 aliphatic heterocycles. The van der Waals surface area contributed by atoms with E-state index in [0.717, 1.165) is 27.6 Å². The van der Waals surface area contributed by atoms with Crippen molar-refractivity contribution < 1.29 is 13.9 Å². The van der Waals surface area contributed by atoms with Gasteiger partial charge in [-0.25, -0.2) is 0 Å². The highest BCUT2D eigenvalue weighted by atomic mass is 16.5. The summed E-state index contributed by atoms with van der Waals surface area (Å²) >= 11 is 0. The van der Waals surface area contributed by atoms with Crippen LogP contribution in [0.25, 0.3) is 10.8 Å². The molecule has 3 aromatic carbocycles. The van der Waals surface area contributed by atoms with Crippen molar-refractivity contribution in [2.75, 3.05) is 0 Å². The molecule has 0 aliphatic carbocycles. The van der Waals surface area contributed by atoms with Gasteiger partial charge >= 0.3 is 0 Å². The first kappa shape index (κ1) is 22.2. The number of furan rings is 1. The van der Waals surface area contributed by atoms with Crippen molar-refractivity contribution in [1.29, 1.82) is 0 Å². The minimum Gasteiger partial charge on any atom is -0.486 e. The molecule has 2 heterocycles. The van der Waals surface area contributed by atoms with Gasteiger partial charge in [-0.1, -0.05) is 60.7 Å². The van der Waals surface area contributed by atoms with E-state index in [-0.39, 0.29) is 23.8 Å². The summed E-state index contributed by atoms with van der Waals surface area (Å²) in [6.07, 6.45) is 1.76. The fourth-order valence-corrected chi connectivity index (χ4v) is 3.81. The molecule has 0 radical (unpaired) electrons. The summed E-state index contributed by atoms with van der Waals surface area (Å²) in [4.78, 5) is 24.4. The van der Waals surface area contributed by atoms with E-state index in [1.165, 1.54) is 0 Å². The smallest absolute Gasteiger partial charge is 0.287 e. The highest BCUT2D eigenvalue weighted by Crippen LogP contribution is 2.22.